The Balaban J connectivity index is 2.11. The van der Waals surface area contributed by atoms with Crippen LogP contribution in [0, 0.1) is 0 Å². The molecule has 2 heterocycles. The third-order valence-corrected chi connectivity index (χ3v) is 2.88. The first-order valence-corrected chi connectivity index (χ1v) is 5.15. The Kier molecular flexibility index (Phi) is 2.08. The Morgan fingerprint density at radius 3 is 2.94 bits per heavy atom. The van der Waals surface area contributed by atoms with Crippen LogP contribution in [0.15, 0.2) is 24.6 Å². The van der Waals surface area contributed by atoms with Crippen molar-refractivity contribution in [3.63, 3.8) is 0 Å². The third-order valence-electron chi connectivity index (χ3n) is 2.88. The molecule has 0 saturated carbocycles. The minimum Gasteiger partial charge on any atom is -0.386 e. The third kappa shape index (κ3) is 1.47. The fourth-order valence-electron chi connectivity index (χ4n) is 2.01. The summed E-state index contributed by atoms with van der Waals surface area (Å²) in [6.45, 7) is 0. The first-order chi connectivity index (χ1) is 8.16. The molecule has 0 amide bonds. The number of nitrogens with zero attached hydrogens (tertiary/aromatic N) is 4. The van der Waals surface area contributed by atoms with Crippen molar-refractivity contribution in [2.24, 2.45) is 0 Å². The number of nitrogens with two attached hydrogens (primary N) is 1. The van der Waals surface area contributed by atoms with Crippen LogP contribution >= 0.6 is 0 Å². The largest absolute Gasteiger partial charge is 0.386 e. The van der Waals surface area contributed by atoms with E-state index in [1.54, 1.807) is 4.57 Å². The van der Waals surface area contributed by atoms with Crippen molar-refractivity contribution in [2.75, 3.05) is 5.73 Å². The van der Waals surface area contributed by atoms with Crippen molar-refractivity contribution in [2.45, 2.75) is 18.6 Å². The maximum atomic E-state index is 13.2. The smallest absolute Gasteiger partial charge is 0.165 e. The average molecular weight is 235 g/mol. The highest BCUT2D eigenvalue weighted by Gasteiger charge is 2.27. The van der Waals surface area contributed by atoms with Gasteiger partial charge in [-0.05, 0) is 6.08 Å². The summed E-state index contributed by atoms with van der Waals surface area (Å²) in [7, 11) is 0. The van der Waals surface area contributed by atoms with Gasteiger partial charge in [-0.15, -0.1) is 0 Å². The van der Waals surface area contributed by atoms with Crippen LogP contribution in [0.25, 0.3) is 11.2 Å². The second-order valence-corrected chi connectivity index (χ2v) is 3.95. The lowest BCUT2D eigenvalue weighted by molar-refractivity contribution is 0.177. The lowest BCUT2D eigenvalue weighted by atomic mass is 10.2. The molecule has 0 aromatic carbocycles. The van der Waals surface area contributed by atoms with Crippen LogP contribution in [-0.2, 0) is 0 Å². The van der Waals surface area contributed by atoms with E-state index in [9.17, 15) is 9.50 Å². The fourth-order valence-corrected chi connectivity index (χ4v) is 2.01. The summed E-state index contributed by atoms with van der Waals surface area (Å²) in [6.07, 6.45) is 3.46. The summed E-state index contributed by atoms with van der Waals surface area (Å²) >= 11 is 0. The molecule has 0 unspecified atom stereocenters. The number of hydrogen-bond donors (Lipinski definition) is 2. The van der Waals surface area contributed by atoms with E-state index in [0.717, 1.165) is 0 Å². The Hall–Kier alpha value is -2.02. The van der Waals surface area contributed by atoms with E-state index in [4.69, 9.17) is 5.73 Å². The highest BCUT2D eigenvalue weighted by atomic mass is 19.1. The Bertz CT molecular complexity index is 608. The van der Waals surface area contributed by atoms with Gasteiger partial charge in [-0.1, -0.05) is 0 Å². The van der Waals surface area contributed by atoms with E-state index in [1.165, 1.54) is 18.7 Å². The molecule has 3 rings (SSSR count). The van der Waals surface area contributed by atoms with Crippen LogP contribution < -0.4 is 5.73 Å². The minimum absolute atomic E-state index is 0.279. The van der Waals surface area contributed by atoms with Gasteiger partial charge in [0.15, 0.2) is 11.5 Å². The molecule has 2 aromatic heterocycles. The zero-order valence-electron chi connectivity index (χ0n) is 8.79. The lowest BCUT2D eigenvalue weighted by Crippen LogP contribution is -2.08. The predicted molar refractivity (Wildman–Crippen MR) is 58.6 cm³/mol. The van der Waals surface area contributed by atoms with Crippen molar-refractivity contribution < 1.29 is 9.50 Å². The number of fused-ring (bicyclic) bond motifs is 1. The van der Waals surface area contributed by atoms with Crippen molar-refractivity contribution >= 4 is 17.0 Å². The molecule has 0 aliphatic heterocycles. The van der Waals surface area contributed by atoms with Gasteiger partial charge in [0.05, 0.1) is 12.4 Å². The normalized spacial score (nSPS) is 24.2. The van der Waals surface area contributed by atoms with E-state index >= 15 is 0 Å². The van der Waals surface area contributed by atoms with E-state index in [1.807, 2.05) is 0 Å². The van der Waals surface area contributed by atoms with E-state index in [2.05, 4.69) is 15.0 Å². The molecule has 0 radical (unpaired) electrons. The molecule has 2 atom stereocenters. The Morgan fingerprint density at radius 2 is 2.24 bits per heavy atom. The number of allylic oxidation sites excluding steroid dienone is 1. The first kappa shape index (κ1) is 10.2. The number of imidazole rings is 1. The van der Waals surface area contributed by atoms with Crippen LogP contribution in [0.1, 0.15) is 12.5 Å². The molecule has 1 aliphatic carbocycles. The summed E-state index contributed by atoms with van der Waals surface area (Å²) in [6, 6.07) is -0.288. The van der Waals surface area contributed by atoms with Crippen molar-refractivity contribution in [1.29, 1.82) is 0 Å². The van der Waals surface area contributed by atoms with Crippen LogP contribution in [0.2, 0.25) is 0 Å². The van der Waals surface area contributed by atoms with Gasteiger partial charge in [-0.3, -0.25) is 0 Å². The van der Waals surface area contributed by atoms with Gasteiger partial charge in [0.1, 0.15) is 23.8 Å². The van der Waals surface area contributed by atoms with Crippen LogP contribution in [0.3, 0.4) is 0 Å². The van der Waals surface area contributed by atoms with Gasteiger partial charge < -0.3 is 15.4 Å². The molecule has 0 saturated heterocycles. The van der Waals surface area contributed by atoms with Crippen molar-refractivity contribution in [3.05, 3.63) is 24.6 Å². The number of rotatable bonds is 1. The Labute approximate surface area is 95.6 Å². The predicted octanol–water partition coefficient (Wildman–Crippen LogP) is 0.568. The molecular formula is C10H10FN5O. The monoisotopic (exact) mass is 235 g/mol. The maximum Gasteiger partial charge on any atom is 0.165 e. The number of hydrogen-bond acceptors (Lipinski definition) is 5. The molecule has 0 spiro atoms. The molecule has 17 heavy (non-hydrogen) atoms. The van der Waals surface area contributed by atoms with Gasteiger partial charge in [-0.2, -0.15) is 0 Å². The van der Waals surface area contributed by atoms with Crippen molar-refractivity contribution in [3.8, 4) is 0 Å². The molecule has 6 nitrogen and oxygen atoms in total. The maximum absolute atomic E-state index is 13.2. The number of aliphatic hydroxyl groups is 1. The minimum atomic E-state index is -1.04. The van der Waals surface area contributed by atoms with Gasteiger partial charge in [0.2, 0.25) is 0 Å². The number of nitrogen functional groups attached to an aromatic ring is 1. The van der Waals surface area contributed by atoms with Gasteiger partial charge >= 0.3 is 0 Å². The molecule has 0 fully saturated rings. The van der Waals surface area contributed by atoms with E-state index < -0.39 is 11.9 Å². The summed E-state index contributed by atoms with van der Waals surface area (Å²) in [5, 5.41) is 9.36. The number of halogens is 1. The average Bonchev–Trinajstić information content (AvgIpc) is 2.85. The summed E-state index contributed by atoms with van der Waals surface area (Å²) in [5.74, 6) is -0.226. The lowest BCUT2D eigenvalue weighted by Gasteiger charge is -2.10. The standard InChI is InChI=1S/C10H10FN5O/c11-6-1-5(2-7(6)17)16-4-15-8-9(12)13-3-14-10(8)16/h1,3-5,7,17H,2H2,(H2,12,13,14)/t5-,7+/m1/s1. The zero-order chi connectivity index (χ0) is 12.0. The topological polar surface area (TPSA) is 89.9 Å². The number of aromatic nitrogens is 4. The zero-order valence-corrected chi connectivity index (χ0v) is 8.79. The molecule has 0 bridgehead atoms. The second-order valence-electron chi connectivity index (χ2n) is 3.95. The molecular weight excluding hydrogens is 225 g/mol. The van der Waals surface area contributed by atoms with E-state index in [-0.39, 0.29) is 18.3 Å². The molecule has 88 valence electrons. The molecule has 2 aromatic rings. The molecule has 1 aliphatic rings. The molecule has 7 heteroatoms. The van der Waals surface area contributed by atoms with Crippen LogP contribution in [0.4, 0.5) is 10.2 Å². The van der Waals surface area contributed by atoms with Crippen molar-refractivity contribution in [1.82, 2.24) is 19.5 Å². The van der Waals surface area contributed by atoms with Gasteiger partial charge in [0, 0.05) is 6.42 Å². The van der Waals surface area contributed by atoms with Gasteiger partial charge in [0.25, 0.3) is 0 Å². The van der Waals surface area contributed by atoms with Gasteiger partial charge in [-0.25, -0.2) is 19.3 Å². The highest BCUT2D eigenvalue weighted by molar-refractivity contribution is 5.81. The van der Waals surface area contributed by atoms with E-state index in [0.29, 0.717) is 11.2 Å². The number of anilines is 1. The SMILES string of the molecule is Nc1ncnc2c1ncn2[C@@H]1C=C(F)[C@@H](O)C1. The molecule has 3 N–H and O–H groups in total. The quantitative estimate of drug-likeness (QED) is 0.754. The van der Waals surface area contributed by atoms with Crippen LogP contribution in [0.5, 0.6) is 0 Å². The number of aliphatic hydroxyl groups excluding tert-OH is 1. The summed E-state index contributed by atoms with van der Waals surface area (Å²) in [5.41, 5.74) is 6.69. The summed E-state index contributed by atoms with van der Waals surface area (Å²) < 4.78 is 14.8. The second kappa shape index (κ2) is 3.49. The Morgan fingerprint density at radius 1 is 1.41 bits per heavy atom. The summed E-state index contributed by atoms with van der Waals surface area (Å²) in [4.78, 5) is 12.0. The highest BCUT2D eigenvalue weighted by Crippen LogP contribution is 2.31. The first-order valence-electron chi connectivity index (χ1n) is 5.15. The fraction of sp³-hybridized carbons (Fsp3) is 0.300. The van der Waals surface area contributed by atoms with Crippen LogP contribution in [-0.4, -0.2) is 30.7 Å².